The molecule has 2 amide bonds. The third-order valence-electron chi connectivity index (χ3n) is 5.46. The van der Waals surface area contributed by atoms with Crippen LogP contribution in [0.2, 0.25) is 39.3 Å². The summed E-state index contributed by atoms with van der Waals surface area (Å²) in [5.74, 6) is 0.513. The summed E-state index contributed by atoms with van der Waals surface area (Å²) in [7, 11) is -1.66. The summed E-state index contributed by atoms with van der Waals surface area (Å²) < 4.78 is 10.7. The minimum atomic E-state index is -1.60. The Hall–Kier alpha value is -2.39. The standard InChI is InChI=1S/C23H31NO4Si2/c1-24(21(25)16-12-13-19-20(14-16)28-15-27-19)22(26)17-10-8-9-11-18(17)23(29(2,3)4)30(5,6)7/h8-14,23H,15H2,1-7H3. The average molecular weight is 442 g/mol. The van der Waals surface area contributed by atoms with Gasteiger partial charge in [-0.1, -0.05) is 57.5 Å². The van der Waals surface area contributed by atoms with Gasteiger partial charge in [-0.05, 0) is 35.0 Å². The van der Waals surface area contributed by atoms with Crippen LogP contribution in [0.4, 0.5) is 0 Å². The van der Waals surface area contributed by atoms with Crippen molar-refractivity contribution in [3.8, 4) is 11.5 Å². The molecule has 0 spiro atoms. The second-order valence-electron chi connectivity index (χ2n) is 9.99. The lowest BCUT2D eigenvalue weighted by atomic mass is 10.1. The van der Waals surface area contributed by atoms with Crippen molar-refractivity contribution >= 4 is 28.0 Å². The van der Waals surface area contributed by atoms with Gasteiger partial charge in [-0.25, -0.2) is 0 Å². The van der Waals surface area contributed by atoms with Crippen molar-refractivity contribution in [2.24, 2.45) is 0 Å². The summed E-state index contributed by atoms with van der Waals surface area (Å²) in [6.07, 6.45) is 0. The molecule has 0 bridgehead atoms. The highest BCUT2D eigenvalue weighted by molar-refractivity contribution is 6.96. The van der Waals surface area contributed by atoms with Crippen LogP contribution in [0, 0.1) is 0 Å². The summed E-state index contributed by atoms with van der Waals surface area (Å²) in [5, 5.41) is 0.402. The molecule has 1 aliphatic rings. The smallest absolute Gasteiger partial charge is 0.260 e. The quantitative estimate of drug-likeness (QED) is 0.475. The van der Waals surface area contributed by atoms with E-state index in [1.165, 1.54) is 4.90 Å². The largest absolute Gasteiger partial charge is 0.454 e. The Morgan fingerprint density at radius 3 is 2.10 bits per heavy atom. The van der Waals surface area contributed by atoms with E-state index in [0.717, 1.165) is 5.56 Å². The van der Waals surface area contributed by atoms with Gasteiger partial charge in [-0.2, -0.15) is 0 Å². The van der Waals surface area contributed by atoms with E-state index in [-0.39, 0.29) is 18.6 Å². The molecular weight excluding hydrogens is 410 g/mol. The molecule has 5 nitrogen and oxygen atoms in total. The fourth-order valence-electron chi connectivity index (χ4n) is 4.67. The third-order valence-corrected chi connectivity index (χ3v) is 14.7. The Balaban J connectivity index is 1.96. The molecule has 3 rings (SSSR count). The lowest BCUT2D eigenvalue weighted by Crippen LogP contribution is -2.47. The van der Waals surface area contributed by atoms with Gasteiger partial charge in [0.2, 0.25) is 6.79 Å². The lowest BCUT2D eigenvalue weighted by Gasteiger charge is -2.40. The maximum atomic E-state index is 13.5. The van der Waals surface area contributed by atoms with Crippen LogP contribution in [-0.4, -0.2) is 46.7 Å². The molecule has 0 N–H and O–H groups in total. The Kier molecular flexibility index (Phi) is 5.97. The van der Waals surface area contributed by atoms with Gasteiger partial charge in [0.1, 0.15) is 0 Å². The Labute approximate surface area is 181 Å². The van der Waals surface area contributed by atoms with Crippen LogP contribution in [0.25, 0.3) is 0 Å². The van der Waals surface area contributed by atoms with Crippen molar-refractivity contribution in [3.05, 3.63) is 59.2 Å². The first-order valence-corrected chi connectivity index (χ1v) is 17.4. The summed E-state index contributed by atoms with van der Waals surface area (Å²) >= 11 is 0. The number of carbonyl (C=O) groups excluding carboxylic acids is 2. The van der Waals surface area contributed by atoms with Gasteiger partial charge in [0, 0.05) is 34.3 Å². The van der Waals surface area contributed by atoms with Crippen molar-refractivity contribution in [2.45, 2.75) is 44.4 Å². The molecule has 7 heteroatoms. The number of hydrogen-bond donors (Lipinski definition) is 0. The molecule has 0 aliphatic carbocycles. The fraction of sp³-hybridized carbons (Fsp3) is 0.391. The number of amides is 2. The molecule has 0 saturated heterocycles. The maximum absolute atomic E-state index is 13.5. The zero-order valence-electron chi connectivity index (χ0n) is 18.9. The van der Waals surface area contributed by atoms with E-state index >= 15 is 0 Å². The number of carbonyl (C=O) groups is 2. The number of imide groups is 1. The molecule has 0 aromatic heterocycles. The minimum Gasteiger partial charge on any atom is -0.454 e. The number of nitrogens with zero attached hydrogens (tertiary/aromatic N) is 1. The molecule has 2 aromatic carbocycles. The van der Waals surface area contributed by atoms with Gasteiger partial charge in [0.25, 0.3) is 11.8 Å². The van der Waals surface area contributed by atoms with Gasteiger partial charge in [0.15, 0.2) is 11.5 Å². The molecule has 1 aliphatic heterocycles. The number of ether oxygens (including phenoxy) is 2. The highest BCUT2D eigenvalue weighted by Crippen LogP contribution is 2.38. The van der Waals surface area contributed by atoms with E-state index in [0.29, 0.717) is 27.8 Å². The molecule has 1 heterocycles. The van der Waals surface area contributed by atoms with Crippen molar-refractivity contribution in [1.29, 1.82) is 0 Å². The number of hydrogen-bond acceptors (Lipinski definition) is 4. The van der Waals surface area contributed by atoms with Gasteiger partial charge in [-0.15, -0.1) is 0 Å². The van der Waals surface area contributed by atoms with Crippen LogP contribution in [-0.2, 0) is 0 Å². The predicted octanol–water partition coefficient (Wildman–Crippen LogP) is 5.17. The zero-order valence-corrected chi connectivity index (χ0v) is 20.9. The summed E-state index contributed by atoms with van der Waals surface area (Å²) in [6, 6.07) is 12.8. The normalized spacial score (nSPS) is 13.5. The first kappa shape index (κ1) is 22.3. The van der Waals surface area contributed by atoms with Crippen molar-refractivity contribution < 1.29 is 19.1 Å². The van der Waals surface area contributed by atoms with E-state index in [4.69, 9.17) is 9.47 Å². The molecule has 0 saturated carbocycles. The van der Waals surface area contributed by atoms with E-state index in [9.17, 15) is 9.59 Å². The average Bonchev–Trinajstić information content (AvgIpc) is 3.12. The van der Waals surface area contributed by atoms with Gasteiger partial charge >= 0.3 is 0 Å². The first-order chi connectivity index (χ1) is 13.9. The van der Waals surface area contributed by atoms with Crippen molar-refractivity contribution in [1.82, 2.24) is 4.90 Å². The molecule has 0 unspecified atom stereocenters. The zero-order chi connectivity index (χ0) is 22.3. The highest BCUT2D eigenvalue weighted by atomic mass is 28.4. The molecule has 0 fully saturated rings. The predicted molar refractivity (Wildman–Crippen MR) is 125 cm³/mol. The van der Waals surface area contributed by atoms with Crippen LogP contribution >= 0.6 is 0 Å². The van der Waals surface area contributed by atoms with Crippen LogP contribution in [0.1, 0.15) is 31.4 Å². The van der Waals surface area contributed by atoms with E-state index in [1.54, 1.807) is 25.2 Å². The Morgan fingerprint density at radius 1 is 0.867 bits per heavy atom. The monoisotopic (exact) mass is 441 g/mol. The molecule has 2 aromatic rings. The van der Waals surface area contributed by atoms with Gasteiger partial charge in [-0.3, -0.25) is 14.5 Å². The Bertz CT molecular complexity index is 962. The van der Waals surface area contributed by atoms with Crippen molar-refractivity contribution in [2.75, 3.05) is 13.8 Å². The van der Waals surface area contributed by atoms with Crippen LogP contribution in [0.15, 0.2) is 42.5 Å². The van der Waals surface area contributed by atoms with E-state index in [2.05, 4.69) is 45.3 Å². The SMILES string of the molecule is CN(C(=O)c1ccc2c(c1)OCO2)C(=O)c1ccccc1C([Si](C)(C)C)[Si](C)(C)C. The highest BCUT2D eigenvalue weighted by Gasteiger charge is 2.40. The number of benzene rings is 2. The Morgan fingerprint density at radius 2 is 1.47 bits per heavy atom. The molecular formula is C23H31NO4Si2. The maximum Gasteiger partial charge on any atom is 0.260 e. The van der Waals surface area contributed by atoms with Crippen LogP contribution in [0.5, 0.6) is 11.5 Å². The second kappa shape index (κ2) is 8.04. The van der Waals surface area contributed by atoms with E-state index < -0.39 is 16.1 Å². The first-order valence-electron chi connectivity index (χ1n) is 10.2. The molecule has 0 radical (unpaired) electrons. The molecule has 0 atom stereocenters. The van der Waals surface area contributed by atoms with E-state index in [1.807, 2.05) is 18.2 Å². The number of fused-ring (bicyclic) bond motifs is 1. The summed E-state index contributed by atoms with van der Waals surface area (Å²) in [4.78, 5) is 27.7. The fourth-order valence-corrected chi connectivity index (χ4v) is 17.4. The lowest BCUT2D eigenvalue weighted by molar-refractivity contribution is 0.0655. The van der Waals surface area contributed by atoms with Crippen LogP contribution < -0.4 is 9.47 Å². The summed E-state index contributed by atoms with van der Waals surface area (Å²) in [5.41, 5.74) is 2.12. The molecule has 30 heavy (non-hydrogen) atoms. The third kappa shape index (κ3) is 4.37. The van der Waals surface area contributed by atoms with Crippen LogP contribution in [0.3, 0.4) is 0 Å². The topological polar surface area (TPSA) is 55.8 Å². The molecule has 160 valence electrons. The second-order valence-corrected chi connectivity index (χ2v) is 21.2. The summed E-state index contributed by atoms with van der Waals surface area (Å²) in [6.45, 7) is 14.3. The minimum absolute atomic E-state index is 0.143. The van der Waals surface area contributed by atoms with Gasteiger partial charge < -0.3 is 9.47 Å². The number of rotatable bonds is 5. The van der Waals surface area contributed by atoms with Gasteiger partial charge in [0.05, 0.1) is 0 Å². The van der Waals surface area contributed by atoms with Crippen molar-refractivity contribution in [3.63, 3.8) is 0 Å².